The largest absolute Gasteiger partial charge is 0.426 e. The molecule has 57 heavy (non-hydrogen) atoms. The Morgan fingerprint density at radius 1 is 0.702 bits per heavy atom. The first-order valence-corrected chi connectivity index (χ1v) is 22.2. The quantitative estimate of drug-likeness (QED) is 0.0345. The number of nitrogens with zero attached hydrogens (tertiary/aromatic N) is 1. The average Bonchev–Trinajstić information content (AvgIpc) is 3.16. The Morgan fingerprint density at radius 3 is 1.89 bits per heavy atom. The van der Waals surface area contributed by atoms with E-state index >= 15 is 0 Å². The van der Waals surface area contributed by atoms with Gasteiger partial charge in [-0.2, -0.15) is 0 Å². The monoisotopic (exact) mass is 782 g/mol. The number of aryl methyl sites for hydroxylation is 2. The maximum absolute atomic E-state index is 13.3. The number of hydrogen-bond donors (Lipinski definition) is 2. The molecule has 0 aliphatic carbocycles. The zero-order valence-electron chi connectivity index (χ0n) is 36.1. The zero-order valence-corrected chi connectivity index (χ0v) is 36.1. The van der Waals surface area contributed by atoms with E-state index in [1.165, 1.54) is 81.9 Å². The number of hydrogen-bond acceptors (Lipinski definition) is 6. The third-order valence-electron chi connectivity index (χ3n) is 11.4. The maximum atomic E-state index is 13.3. The van der Waals surface area contributed by atoms with Crippen LogP contribution in [0.2, 0.25) is 0 Å². The van der Waals surface area contributed by atoms with E-state index in [2.05, 4.69) is 23.6 Å². The van der Waals surface area contributed by atoms with Crippen LogP contribution in [0, 0.1) is 13.8 Å². The third-order valence-corrected chi connectivity index (χ3v) is 11.4. The van der Waals surface area contributed by atoms with E-state index in [-0.39, 0.29) is 30.1 Å². The van der Waals surface area contributed by atoms with Gasteiger partial charge in [0.2, 0.25) is 5.91 Å². The SMILES string of the molecule is CCCCCCCCCCCCCCCCCC(=O)Oc1cc(C)cc(C)c1C(C)(C)CC(=O)NCCNc1ccc2c3c(cccc13)C(=O)N(CCCC)C2=O. The summed E-state index contributed by atoms with van der Waals surface area (Å²) >= 11 is 0. The number of imide groups is 1. The van der Waals surface area contributed by atoms with Crippen LogP contribution in [-0.2, 0) is 15.0 Å². The molecule has 312 valence electrons. The van der Waals surface area contributed by atoms with Gasteiger partial charge in [-0.15, -0.1) is 0 Å². The Bertz CT molecular complexity index is 1770. The highest BCUT2D eigenvalue weighted by atomic mass is 16.5. The van der Waals surface area contributed by atoms with Crippen molar-refractivity contribution >= 4 is 40.2 Å². The van der Waals surface area contributed by atoms with Gasteiger partial charge in [0.1, 0.15) is 5.75 Å². The minimum Gasteiger partial charge on any atom is -0.426 e. The Balaban J connectivity index is 1.20. The summed E-state index contributed by atoms with van der Waals surface area (Å²) in [7, 11) is 0. The molecule has 1 aliphatic rings. The lowest BCUT2D eigenvalue weighted by molar-refractivity contribution is -0.134. The summed E-state index contributed by atoms with van der Waals surface area (Å²) in [6.07, 6.45) is 21.5. The number of benzene rings is 3. The van der Waals surface area contributed by atoms with Crippen LogP contribution in [0.4, 0.5) is 5.69 Å². The Morgan fingerprint density at radius 2 is 1.28 bits per heavy atom. The number of rotatable bonds is 27. The molecule has 0 aromatic heterocycles. The van der Waals surface area contributed by atoms with Crippen molar-refractivity contribution in [2.45, 2.75) is 169 Å². The fraction of sp³-hybridized carbons (Fsp3) is 0.592. The fourth-order valence-electron chi connectivity index (χ4n) is 8.46. The standard InChI is InChI=1S/C49H71N3O5/c1-7-9-11-12-13-14-15-16-17-18-19-20-21-22-23-27-44(54)57-42-34-36(3)33-37(4)46(42)49(5,6)35-43(53)51-31-30-50-41-29-28-40-45-38(41)25-24-26-39(45)47(55)52(48(40)56)32-10-8-2/h24-26,28-29,33-34,50H,7-23,27,30-32,35H2,1-6H3,(H,51,53). The normalized spacial score (nSPS) is 12.7. The molecule has 1 heterocycles. The lowest BCUT2D eigenvalue weighted by Gasteiger charge is -2.29. The first kappa shape index (κ1) is 45.5. The number of anilines is 1. The predicted octanol–water partition coefficient (Wildman–Crippen LogP) is 11.9. The van der Waals surface area contributed by atoms with Gasteiger partial charge in [0, 0.05) is 71.0 Å². The van der Waals surface area contributed by atoms with Crippen molar-refractivity contribution in [3.05, 3.63) is 70.3 Å². The summed E-state index contributed by atoms with van der Waals surface area (Å²) < 4.78 is 6.02. The van der Waals surface area contributed by atoms with Crippen LogP contribution in [-0.4, -0.2) is 48.2 Å². The van der Waals surface area contributed by atoms with Crippen molar-refractivity contribution < 1.29 is 23.9 Å². The highest BCUT2D eigenvalue weighted by molar-refractivity contribution is 6.26. The third kappa shape index (κ3) is 13.4. The molecule has 1 aliphatic heterocycles. The van der Waals surface area contributed by atoms with Crippen LogP contribution in [0.5, 0.6) is 5.75 Å². The summed E-state index contributed by atoms with van der Waals surface area (Å²) in [5, 5.41) is 7.94. The van der Waals surface area contributed by atoms with Crippen molar-refractivity contribution in [1.29, 1.82) is 0 Å². The molecule has 8 nitrogen and oxygen atoms in total. The topological polar surface area (TPSA) is 105 Å². The van der Waals surface area contributed by atoms with Gasteiger partial charge in [-0.3, -0.25) is 24.1 Å². The Labute approximate surface area is 343 Å². The molecular weight excluding hydrogens is 711 g/mol. The molecule has 3 amide bonds. The van der Waals surface area contributed by atoms with Crippen LogP contribution >= 0.6 is 0 Å². The number of carbonyl (C=O) groups excluding carboxylic acids is 4. The molecular formula is C49H71N3O5. The van der Waals surface area contributed by atoms with Crippen molar-refractivity contribution in [2.75, 3.05) is 25.0 Å². The van der Waals surface area contributed by atoms with Crippen LogP contribution in [0.25, 0.3) is 10.8 Å². The number of unbranched alkanes of at least 4 members (excludes halogenated alkanes) is 15. The molecule has 0 radical (unpaired) electrons. The maximum Gasteiger partial charge on any atom is 0.311 e. The fourth-order valence-corrected chi connectivity index (χ4v) is 8.46. The summed E-state index contributed by atoms with van der Waals surface area (Å²) in [5.74, 6) is -0.270. The van der Waals surface area contributed by atoms with E-state index < -0.39 is 5.41 Å². The minimum absolute atomic E-state index is 0.0999. The first-order valence-electron chi connectivity index (χ1n) is 22.2. The molecule has 3 aromatic carbocycles. The highest BCUT2D eigenvalue weighted by Gasteiger charge is 2.33. The van der Waals surface area contributed by atoms with Gasteiger partial charge in [0.05, 0.1) is 0 Å². The molecule has 0 atom stereocenters. The number of ether oxygens (including phenoxy) is 1. The molecule has 0 saturated carbocycles. The van der Waals surface area contributed by atoms with E-state index in [4.69, 9.17) is 4.74 Å². The highest BCUT2D eigenvalue weighted by Crippen LogP contribution is 2.38. The zero-order chi connectivity index (χ0) is 41.2. The van der Waals surface area contributed by atoms with Crippen molar-refractivity contribution in [3.8, 4) is 5.75 Å². The Kier molecular flexibility index (Phi) is 18.6. The van der Waals surface area contributed by atoms with Gasteiger partial charge in [-0.1, -0.05) is 142 Å². The summed E-state index contributed by atoms with van der Waals surface area (Å²) in [4.78, 5) is 54.2. The molecule has 0 fully saturated rings. The second-order valence-electron chi connectivity index (χ2n) is 17.0. The predicted molar refractivity (Wildman–Crippen MR) is 234 cm³/mol. The summed E-state index contributed by atoms with van der Waals surface area (Å²) in [6, 6.07) is 13.2. The van der Waals surface area contributed by atoms with Crippen molar-refractivity contribution in [3.63, 3.8) is 0 Å². The van der Waals surface area contributed by atoms with Gasteiger partial charge in [0.25, 0.3) is 11.8 Å². The van der Waals surface area contributed by atoms with Crippen molar-refractivity contribution in [2.24, 2.45) is 0 Å². The van der Waals surface area contributed by atoms with E-state index in [0.717, 1.165) is 59.9 Å². The molecule has 2 N–H and O–H groups in total. The number of carbonyl (C=O) groups is 4. The smallest absolute Gasteiger partial charge is 0.311 e. The average molecular weight is 782 g/mol. The van der Waals surface area contributed by atoms with Crippen LogP contribution in [0.15, 0.2) is 42.5 Å². The molecule has 0 bridgehead atoms. The van der Waals surface area contributed by atoms with E-state index in [9.17, 15) is 19.2 Å². The molecule has 0 spiro atoms. The second kappa shape index (κ2) is 23.3. The number of esters is 1. The van der Waals surface area contributed by atoms with Crippen molar-refractivity contribution in [1.82, 2.24) is 10.2 Å². The van der Waals surface area contributed by atoms with Gasteiger partial charge < -0.3 is 15.4 Å². The van der Waals surface area contributed by atoms with Crippen LogP contribution in [0.1, 0.15) is 187 Å². The van der Waals surface area contributed by atoms with Crippen LogP contribution in [0.3, 0.4) is 0 Å². The molecule has 3 aromatic rings. The van der Waals surface area contributed by atoms with E-state index in [1.807, 2.05) is 58.9 Å². The van der Waals surface area contributed by atoms with Gasteiger partial charge in [-0.05, 0) is 62.1 Å². The summed E-state index contributed by atoms with van der Waals surface area (Å²) in [6.45, 7) is 13.6. The summed E-state index contributed by atoms with van der Waals surface area (Å²) in [5.41, 5.74) is 4.19. The molecule has 4 rings (SSSR count). The Hall–Kier alpha value is -4.20. The van der Waals surface area contributed by atoms with E-state index in [1.54, 1.807) is 12.1 Å². The first-order chi connectivity index (χ1) is 27.5. The van der Waals surface area contributed by atoms with Crippen LogP contribution < -0.4 is 15.4 Å². The van der Waals surface area contributed by atoms with Gasteiger partial charge in [-0.25, -0.2) is 0 Å². The molecule has 0 saturated heterocycles. The minimum atomic E-state index is -0.584. The number of nitrogens with one attached hydrogen (secondary N) is 2. The lowest BCUT2D eigenvalue weighted by atomic mass is 9.78. The number of amides is 3. The van der Waals surface area contributed by atoms with E-state index in [0.29, 0.717) is 48.3 Å². The molecule has 0 unspecified atom stereocenters. The lowest BCUT2D eigenvalue weighted by Crippen LogP contribution is -2.40. The van der Waals surface area contributed by atoms with Gasteiger partial charge in [0.15, 0.2) is 0 Å². The van der Waals surface area contributed by atoms with Gasteiger partial charge >= 0.3 is 5.97 Å². The molecule has 8 heteroatoms. The second-order valence-corrected chi connectivity index (χ2v) is 17.0.